The first kappa shape index (κ1) is 17.4. The summed E-state index contributed by atoms with van der Waals surface area (Å²) in [6.45, 7) is 1.18. The number of carbonyl (C=O) groups excluding carboxylic acids is 1. The van der Waals surface area contributed by atoms with Gasteiger partial charge in [0.1, 0.15) is 11.5 Å². The zero-order chi connectivity index (χ0) is 19.8. The predicted octanol–water partition coefficient (Wildman–Crippen LogP) is 4.96. The van der Waals surface area contributed by atoms with Crippen molar-refractivity contribution in [2.45, 2.75) is 13.0 Å². The number of aromatic nitrogens is 2. The molecule has 6 heteroatoms. The van der Waals surface area contributed by atoms with Crippen LogP contribution in [-0.2, 0) is 13.0 Å². The van der Waals surface area contributed by atoms with Crippen LogP contribution in [0.2, 0.25) is 0 Å². The third kappa shape index (κ3) is 3.33. The van der Waals surface area contributed by atoms with E-state index in [4.69, 9.17) is 0 Å². The van der Waals surface area contributed by atoms with E-state index in [9.17, 15) is 9.18 Å². The predicted molar refractivity (Wildman–Crippen MR) is 111 cm³/mol. The molecule has 5 nitrogen and oxygen atoms in total. The molecule has 0 fully saturated rings. The summed E-state index contributed by atoms with van der Waals surface area (Å²) in [5.41, 5.74) is 5.87. The van der Waals surface area contributed by atoms with Crippen molar-refractivity contribution in [3.05, 3.63) is 83.9 Å². The molecule has 0 unspecified atom stereocenters. The number of fused-ring (bicyclic) bond motifs is 2. The number of hydrogen-bond donors (Lipinski definition) is 2. The van der Waals surface area contributed by atoms with Gasteiger partial charge in [-0.15, -0.1) is 0 Å². The summed E-state index contributed by atoms with van der Waals surface area (Å²) in [6, 6.07) is 17.9. The number of carbonyl (C=O) groups is 1. The summed E-state index contributed by atoms with van der Waals surface area (Å²) in [7, 11) is 0. The largest absolute Gasteiger partial charge is 0.344 e. The Hall–Kier alpha value is -3.67. The summed E-state index contributed by atoms with van der Waals surface area (Å²) in [6.07, 6.45) is 3.59. The molecule has 0 aliphatic carbocycles. The van der Waals surface area contributed by atoms with Crippen molar-refractivity contribution in [2.24, 2.45) is 0 Å². The number of nitrogens with one attached hydrogen (secondary N) is 2. The number of nitrogens with zero attached hydrogens (tertiary/aromatic N) is 2. The maximum atomic E-state index is 13.5. The molecular formula is C23H19FN4O. The van der Waals surface area contributed by atoms with E-state index in [-0.39, 0.29) is 6.03 Å². The number of H-pyrrole nitrogens is 1. The first-order valence-electron chi connectivity index (χ1n) is 9.53. The van der Waals surface area contributed by atoms with Crippen LogP contribution in [0.1, 0.15) is 11.1 Å². The summed E-state index contributed by atoms with van der Waals surface area (Å²) in [5, 5.41) is 3.44. The first-order valence-corrected chi connectivity index (χ1v) is 9.53. The molecule has 2 aromatic carbocycles. The minimum Gasteiger partial charge on any atom is -0.344 e. The summed E-state index contributed by atoms with van der Waals surface area (Å²) < 4.78 is 13.5. The summed E-state index contributed by atoms with van der Waals surface area (Å²) in [4.78, 5) is 21.5. The molecule has 0 bridgehead atoms. The van der Waals surface area contributed by atoms with E-state index >= 15 is 0 Å². The SMILES string of the molecule is O=C(Nc1c[nH]c2ncc(F)cc12)N1CCc2cc(-c3ccccc3)ccc2C1. The van der Waals surface area contributed by atoms with Crippen LogP contribution in [0, 0.1) is 5.82 Å². The number of anilines is 1. The van der Waals surface area contributed by atoms with E-state index in [2.05, 4.69) is 45.6 Å². The lowest BCUT2D eigenvalue weighted by molar-refractivity contribution is 0.206. The Morgan fingerprint density at radius 2 is 1.93 bits per heavy atom. The quantitative estimate of drug-likeness (QED) is 0.512. The molecule has 0 saturated carbocycles. The number of rotatable bonds is 2. The third-order valence-electron chi connectivity index (χ3n) is 5.35. The van der Waals surface area contributed by atoms with Crippen LogP contribution in [0.4, 0.5) is 14.9 Å². The molecule has 2 aromatic heterocycles. The van der Waals surface area contributed by atoms with Gasteiger partial charge in [-0.05, 0) is 34.7 Å². The van der Waals surface area contributed by atoms with E-state index < -0.39 is 5.82 Å². The zero-order valence-electron chi connectivity index (χ0n) is 15.7. The molecule has 0 spiro atoms. The van der Waals surface area contributed by atoms with Crippen LogP contribution >= 0.6 is 0 Å². The van der Waals surface area contributed by atoms with Gasteiger partial charge in [-0.2, -0.15) is 0 Å². The number of benzene rings is 2. The monoisotopic (exact) mass is 386 g/mol. The molecule has 1 aliphatic rings. The van der Waals surface area contributed by atoms with Gasteiger partial charge in [0.2, 0.25) is 0 Å². The molecular weight excluding hydrogens is 367 g/mol. The Balaban J connectivity index is 1.34. The van der Waals surface area contributed by atoms with Gasteiger partial charge in [0.25, 0.3) is 0 Å². The highest BCUT2D eigenvalue weighted by atomic mass is 19.1. The average Bonchev–Trinajstić information content (AvgIpc) is 3.15. The van der Waals surface area contributed by atoms with E-state index in [1.165, 1.54) is 22.8 Å². The van der Waals surface area contributed by atoms with Crippen LogP contribution in [0.3, 0.4) is 0 Å². The van der Waals surface area contributed by atoms with Crippen molar-refractivity contribution in [3.8, 4) is 11.1 Å². The summed E-state index contributed by atoms with van der Waals surface area (Å²) >= 11 is 0. The third-order valence-corrected chi connectivity index (χ3v) is 5.35. The van der Waals surface area contributed by atoms with Crippen molar-refractivity contribution in [3.63, 3.8) is 0 Å². The molecule has 2 amide bonds. The lowest BCUT2D eigenvalue weighted by Crippen LogP contribution is -2.38. The topological polar surface area (TPSA) is 61.0 Å². The van der Waals surface area contributed by atoms with Gasteiger partial charge in [-0.3, -0.25) is 0 Å². The maximum absolute atomic E-state index is 13.5. The van der Waals surface area contributed by atoms with Crippen LogP contribution in [0.15, 0.2) is 67.0 Å². The Morgan fingerprint density at radius 1 is 1.07 bits per heavy atom. The molecule has 5 rings (SSSR count). The lowest BCUT2D eigenvalue weighted by Gasteiger charge is -2.29. The van der Waals surface area contributed by atoms with Gasteiger partial charge in [0.05, 0.1) is 11.9 Å². The highest BCUT2D eigenvalue weighted by molar-refractivity contribution is 5.99. The smallest absolute Gasteiger partial charge is 0.322 e. The normalized spacial score (nSPS) is 13.3. The van der Waals surface area contributed by atoms with E-state index in [1.807, 2.05) is 18.2 Å². The van der Waals surface area contributed by atoms with Crippen LogP contribution in [0.25, 0.3) is 22.2 Å². The van der Waals surface area contributed by atoms with Gasteiger partial charge < -0.3 is 15.2 Å². The Morgan fingerprint density at radius 3 is 2.79 bits per heavy atom. The average molecular weight is 386 g/mol. The molecule has 0 saturated heterocycles. The van der Waals surface area contributed by atoms with Crippen molar-refractivity contribution in [1.82, 2.24) is 14.9 Å². The molecule has 0 atom stereocenters. The molecule has 29 heavy (non-hydrogen) atoms. The Labute approximate surface area is 167 Å². The van der Waals surface area contributed by atoms with Gasteiger partial charge >= 0.3 is 6.03 Å². The Bertz CT molecular complexity index is 1200. The van der Waals surface area contributed by atoms with Crippen LogP contribution in [-0.4, -0.2) is 27.4 Å². The van der Waals surface area contributed by atoms with Crippen molar-refractivity contribution < 1.29 is 9.18 Å². The number of hydrogen-bond acceptors (Lipinski definition) is 2. The van der Waals surface area contributed by atoms with E-state index in [1.54, 1.807) is 11.1 Å². The van der Waals surface area contributed by atoms with Crippen molar-refractivity contribution in [2.75, 3.05) is 11.9 Å². The number of pyridine rings is 1. The second-order valence-corrected chi connectivity index (χ2v) is 7.20. The van der Waals surface area contributed by atoms with Gasteiger partial charge in [0.15, 0.2) is 0 Å². The standard InChI is InChI=1S/C23H19FN4O/c24-19-11-20-21(13-26-22(20)25-12-19)27-23(29)28-9-8-17-10-16(6-7-18(17)14-28)15-4-2-1-3-5-15/h1-7,10-13H,8-9,14H2,(H,25,26)(H,27,29). The fourth-order valence-electron chi connectivity index (χ4n) is 3.81. The number of amides is 2. The fourth-order valence-corrected chi connectivity index (χ4v) is 3.81. The molecule has 1 aliphatic heterocycles. The van der Waals surface area contributed by atoms with Gasteiger partial charge in [-0.25, -0.2) is 14.2 Å². The van der Waals surface area contributed by atoms with Crippen molar-refractivity contribution >= 4 is 22.8 Å². The lowest BCUT2D eigenvalue weighted by atomic mass is 9.95. The van der Waals surface area contributed by atoms with Crippen molar-refractivity contribution in [1.29, 1.82) is 0 Å². The van der Waals surface area contributed by atoms with E-state index in [0.717, 1.165) is 18.2 Å². The maximum Gasteiger partial charge on any atom is 0.322 e. The second kappa shape index (κ2) is 7.05. The highest BCUT2D eigenvalue weighted by Crippen LogP contribution is 2.27. The fraction of sp³-hybridized carbons (Fsp3) is 0.130. The number of urea groups is 1. The number of aromatic amines is 1. The van der Waals surface area contributed by atoms with E-state index in [0.29, 0.717) is 29.8 Å². The highest BCUT2D eigenvalue weighted by Gasteiger charge is 2.22. The molecule has 0 radical (unpaired) electrons. The Kier molecular flexibility index (Phi) is 4.24. The minimum atomic E-state index is -0.436. The van der Waals surface area contributed by atoms with Gasteiger partial charge in [0, 0.05) is 24.7 Å². The molecule has 2 N–H and O–H groups in total. The van der Waals surface area contributed by atoms with Crippen LogP contribution in [0.5, 0.6) is 0 Å². The minimum absolute atomic E-state index is 0.201. The second-order valence-electron chi connectivity index (χ2n) is 7.20. The molecule has 3 heterocycles. The molecule has 4 aromatic rings. The first-order chi connectivity index (χ1) is 14.2. The van der Waals surface area contributed by atoms with Crippen LogP contribution < -0.4 is 5.32 Å². The summed E-state index contributed by atoms with van der Waals surface area (Å²) in [5.74, 6) is -0.436. The number of halogens is 1. The van der Waals surface area contributed by atoms with Gasteiger partial charge in [-0.1, -0.05) is 48.5 Å². The zero-order valence-corrected chi connectivity index (χ0v) is 15.7. The molecule has 144 valence electrons.